The molecule has 0 spiro atoms. The third kappa shape index (κ3) is 4.76. The summed E-state index contributed by atoms with van der Waals surface area (Å²) in [5.74, 6) is 2.20. The molecule has 1 aliphatic heterocycles. The number of aromatic nitrogens is 4. The van der Waals surface area contributed by atoms with Gasteiger partial charge in [-0.1, -0.05) is 0 Å². The summed E-state index contributed by atoms with van der Waals surface area (Å²) in [6.07, 6.45) is 2.47. The molecule has 0 radical (unpaired) electrons. The number of ether oxygens (including phenoxy) is 1. The van der Waals surface area contributed by atoms with Gasteiger partial charge in [-0.05, 0) is 67.9 Å². The van der Waals surface area contributed by atoms with Crippen molar-refractivity contribution in [2.24, 2.45) is 7.05 Å². The summed E-state index contributed by atoms with van der Waals surface area (Å²) in [6, 6.07) is 17.8. The van der Waals surface area contributed by atoms with Crippen molar-refractivity contribution in [1.82, 2.24) is 24.4 Å². The first-order chi connectivity index (χ1) is 18.9. The van der Waals surface area contributed by atoms with Crippen LogP contribution in [0.1, 0.15) is 12.5 Å². The number of nitrogens with zero attached hydrogens (tertiary/aromatic N) is 6. The van der Waals surface area contributed by atoms with Crippen molar-refractivity contribution in [3.8, 4) is 11.5 Å². The lowest BCUT2D eigenvalue weighted by atomic mass is 10.1. The molecule has 10 heteroatoms. The van der Waals surface area contributed by atoms with Crippen LogP contribution in [-0.4, -0.2) is 61.3 Å². The fourth-order valence-electron chi connectivity index (χ4n) is 5.10. The summed E-state index contributed by atoms with van der Waals surface area (Å²) in [7, 11) is 1.97. The van der Waals surface area contributed by atoms with E-state index in [1.54, 1.807) is 12.7 Å². The molecule has 1 fully saturated rings. The molecule has 10 nitrogen and oxygen atoms in total. The first kappa shape index (κ1) is 24.5. The van der Waals surface area contributed by atoms with Crippen molar-refractivity contribution in [3.63, 3.8) is 0 Å². The molecular formula is C29H29N7O3. The number of rotatable bonds is 5. The second kappa shape index (κ2) is 9.79. The molecule has 2 N–H and O–H groups in total. The smallest absolute Gasteiger partial charge is 0.407 e. The van der Waals surface area contributed by atoms with E-state index in [1.807, 2.05) is 74.0 Å². The monoisotopic (exact) mass is 523 g/mol. The minimum atomic E-state index is -0.874. The van der Waals surface area contributed by atoms with Gasteiger partial charge in [-0.25, -0.2) is 19.7 Å². The Morgan fingerprint density at radius 2 is 1.90 bits per heavy atom. The summed E-state index contributed by atoms with van der Waals surface area (Å²) in [4.78, 5) is 28.5. The number of fused-ring (bicyclic) bond motifs is 2. The summed E-state index contributed by atoms with van der Waals surface area (Å²) >= 11 is 0. The first-order valence-corrected chi connectivity index (χ1v) is 12.8. The maximum atomic E-state index is 11.5. The fraction of sp³-hybridized carbons (Fsp3) is 0.241. The van der Waals surface area contributed by atoms with Crippen molar-refractivity contribution in [3.05, 3.63) is 72.8 Å². The van der Waals surface area contributed by atoms with Gasteiger partial charge in [-0.2, -0.15) is 0 Å². The van der Waals surface area contributed by atoms with Gasteiger partial charge >= 0.3 is 6.09 Å². The second-order valence-electron chi connectivity index (χ2n) is 9.91. The highest BCUT2D eigenvalue weighted by Gasteiger charge is 2.27. The van der Waals surface area contributed by atoms with Crippen molar-refractivity contribution < 1.29 is 14.6 Å². The zero-order valence-electron chi connectivity index (χ0n) is 22.0. The van der Waals surface area contributed by atoms with E-state index in [4.69, 9.17) is 4.74 Å². The van der Waals surface area contributed by atoms with E-state index >= 15 is 0 Å². The van der Waals surface area contributed by atoms with Crippen LogP contribution in [0.5, 0.6) is 11.5 Å². The summed E-state index contributed by atoms with van der Waals surface area (Å²) in [5, 5.41) is 13.7. The predicted molar refractivity (Wildman–Crippen MR) is 151 cm³/mol. The summed E-state index contributed by atoms with van der Waals surface area (Å²) < 4.78 is 8.14. The number of aryl methyl sites for hydroxylation is 2. The molecule has 5 aromatic rings. The number of carboxylic acid groups (broad SMARTS) is 1. The van der Waals surface area contributed by atoms with Crippen molar-refractivity contribution in [2.75, 3.05) is 29.9 Å². The zero-order valence-corrected chi connectivity index (χ0v) is 22.0. The summed E-state index contributed by atoms with van der Waals surface area (Å²) in [5.41, 5.74) is 5.65. The number of benzene rings is 3. The van der Waals surface area contributed by atoms with E-state index in [0.717, 1.165) is 50.4 Å². The molecule has 6 rings (SSSR count). The predicted octanol–water partition coefficient (Wildman–Crippen LogP) is 5.55. The quantitative estimate of drug-likeness (QED) is 0.309. The molecule has 1 saturated heterocycles. The minimum absolute atomic E-state index is 0.0915. The lowest BCUT2D eigenvalue weighted by Gasteiger charge is -2.39. The third-order valence-corrected chi connectivity index (χ3v) is 7.22. The van der Waals surface area contributed by atoms with Crippen LogP contribution in [-0.2, 0) is 7.05 Å². The highest BCUT2D eigenvalue weighted by Crippen LogP contribution is 2.32. The van der Waals surface area contributed by atoms with Crippen LogP contribution in [0.25, 0.3) is 21.9 Å². The maximum absolute atomic E-state index is 11.5. The number of hydrogen-bond acceptors (Lipinski definition) is 7. The van der Waals surface area contributed by atoms with E-state index in [1.165, 1.54) is 4.90 Å². The standard InChI is InChI=1S/C29H29N7O3/c1-18-12-20(4-9-27(18)39-22-6-8-26-25(14-22)32-17-34(26)3)33-28-23-13-21(5-7-24(23)30-16-31-28)35-10-11-36(29(37)38)19(2)15-35/h4-9,12-14,16-17,19H,10-11,15H2,1-3H3,(H,37,38)(H,30,31,33)/t19-/m1/s1. The maximum Gasteiger partial charge on any atom is 0.407 e. The molecule has 0 aliphatic carbocycles. The van der Waals surface area contributed by atoms with Crippen LogP contribution < -0.4 is 15.0 Å². The molecule has 39 heavy (non-hydrogen) atoms. The van der Waals surface area contributed by atoms with Crippen molar-refractivity contribution >= 4 is 45.2 Å². The lowest BCUT2D eigenvalue weighted by molar-refractivity contribution is 0.122. The molecular weight excluding hydrogens is 494 g/mol. The molecule has 1 atom stereocenters. The normalized spacial score (nSPS) is 15.6. The fourth-order valence-corrected chi connectivity index (χ4v) is 5.10. The van der Waals surface area contributed by atoms with Gasteiger partial charge in [0.15, 0.2) is 0 Å². The van der Waals surface area contributed by atoms with E-state index < -0.39 is 6.09 Å². The molecule has 3 aromatic carbocycles. The van der Waals surface area contributed by atoms with Crippen LogP contribution in [0.15, 0.2) is 67.3 Å². The number of carbonyl (C=O) groups is 1. The van der Waals surface area contributed by atoms with Gasteiger partial charge in [-0.3, -0.25) is 0 Å². The molecule has 198 valence electrons. The lowest BCUT2D eigenvalue weighted by Crippen LogP contribution is -2.53. The molecule has 1 amide bonds. The number of piperazine rings is 1. The van der Waals surface area contributed by atoms with E-state index in [-0.39, 0.29) is 6.04 Å². The Bertz CT molecular complexity index is 1700. The Labute approximate surface area is 225 Å². The van der Waals surface area contributed by atoms with Crippen LogP contribution >= 0.6 is 0 Å². The number of hydrogen-bond donors (Lipinski definition) is 2. The number of nitrogens with one attached hydrogen (secondary N) is 1. The SMILES string of the molecule is Cc1cc(Nc2ncnc3ccc(N4CCN(C(=O)O)[C@H](C)C4)cc23)ccc1Oc1ccc2c(c1)ncn2C. The molecule has 1 aliphatic rings. The van der Waals surface area contributed by atoms with Crippen LogP contribution in [0.2, 0.25) is 0 Å². The Hall–Kier alpha value is -4.86. The third-order valence-electron chi connectivity index (χ3n) is 7.22. The zero-order chi connectivity index (χ0) is 27.1. The highest BCUT2D eigenvalue weighted by molar-refractivity contribution is 5.93. The Morgan fingerprint density at radius 1 is 1.03 bits per heavy atom. The van der Waals surface area contributed by atoms with Gasteiger partial charge < -0.3 is 29.5 Å². The second-order valence-corrected chi connectivity index (χ2v) is 9.91. The van der Waals surface area contributed by atoms with Crippen molar-refractivity contribution in [2.45, 2.75) is 19.9 Å². The molecule has 3 heterocycles. The van der Waals surface area contributed by atoms with Gasteiger partial charge in [0, 0.05) is 55.6 Å². The minimum Gasteiger partial charge on any atom is -0.465 e. The van der Waals surface area contributed by atoms with Gasteiger partial charge in [0.1, 0.15) is 23.6 Å². The largest absolute Gasteiger partial charge is 0.465 e. The van der Waals surface area contributed by atoms with Gasteiger partial charge in [0.05, 0.1) is 22.9 Å². The molecule has 0 saturated carbocycles. The Balaban J connectivity index is 1.22. The molecule has 0 bridgehead atoms. The van der Waals surface area contributed by atoms with E-state index in [0.29, 0.717) is 25.5 Å². The van der Waals surface area contributed by atoms with E-state index in [2.05, 4.69) is 31.2 Å². The average molecular weight is 524 g/mol. The van der Waals surface area contributed by atoms with Gasteiger partial charge in [0.25, 0.3) is 0 Å². The summed E-state index contributed by atoms with van der Waals surface area (Å²) in [6.45, 7) is 5.67. The average Bonchev–Trinajstić information content (AvgIpc) is 3.29. The Kier molecular flexibility index (Phi) is 6.14. The van der Waals surface area contributed by atoms with Gasteiger partial charge in [-0.15, -0.1) is 0 Å². The van der Waals surface area contributed by atoms with Gasteiger partial charge in [0.2, 0.25) is 0 Å². The van der Waals surface area contributed by atoms with Crippen LogP contribution in [0, 0.1) is 6.92 Å². The molecule has 0 unspecified atom stereocenters. The molecule has 2 aromatic heterocycles. The van der Waals surface area contributed by atoms with Crippen LogP contribution in [0.3, 0.4) is 0 Å². The topological polar surface area (TPSA) is 109 Å². The number of amides is 1. The van der Waals surface area contributed by atoms with Crippen molar-refractivity contribution in [1.29, 1.82) is 0 Å². The Morgan fingerprint density at radius 3 is 2.69 bits per heavy atom. The highest BCUT2D eigenvalue weighted by atomic mass is 16.5. The first-order valence-electron chi connectivity index (χ1n) is 12.8. The number of imidazole rings is 1. The van der Waals surface area contributed by atoms with Crippen LogP contribution in [0.4, 0.5) is 22.0 Å². The van der Waals surface area contributed by atoms with E-state index in [9.17, 15) is 9.90 Å². The number of anilines is 3.